The minimum Gasteiger partial charge on any atom is -0.238 e. The maximum absolute atomic E-state index is 12.5. The van der Waals surface area contributed by atoms with E-state index < -0.39 is 11.9 Å². The first-order chi connectivity index (χ1) is 8.41. The lowest BCUT2D eigenvalue weighted by Gasteiger charge is -2.05. The fourth-order valence-electron chi connectivity index (χ4n) is 1.75. The summed E-state index contributed by atoms with van der Waals surface area (Å²) in [5.41, 5.74) is 1.38. The topological polar surface area (TPSA) is 17.8 Å². The summed E-state index contributed by atoms with van der Waals surface area (Å²) >= 11 is 0. The van der Waals surface area contributed by atoms with Crippen LogP contribution in [0.5, 0.6) is 0 Å². The van der Waals surface area contributed by atoms with Gasteiger partial charge in [-0.05, 0) is 37.1 Å². The second-order valence-electron chi connectivity index (χ2n) is 4.10. The van der Waals surface area contributed by atoms with Gasteiger partial charge in [-0.15, -0.1) is 0 Å². The van der Waals surface area contributed by atoms with E-state index in [1.165, 1.54) is 4.68 Å². The fourth-order valence-corrected chi connectivity index (χ4v) is 1.75. The summed E-state index contributed by atoms with van der Waals surface area (Å²) in [7, 11) is 0. The molecule has 0 saturated carbocycles. The van der Waals surface area contributed by atoms with Gasteiger partial charge in [0, 0.05) is 5.69 Å². The van der Waals surface area contributed by atoms with Gasteiger partial charge < -0.3 is 0 Å². The Labute approximate surface area is 103 Å². The van der Waals surface area contributed by atoms with E-state index >= 15 is 0 Å². The standard InChI is InChI=1S/C13H13F3N2/c1-3-10-4-6-11(7-5-10)18-9(2)8-12(17-18)13(14,15)16/h4-8H,3H2,1-2H3. The monoisotopic (exact) mass is 254 g/mol. The first kappa shape index (κ1) is 12.7. The van der Waals surface area contributed by atoms with E-state index in [4.69, 9.17) is 0 Å². The summed E-state index contributed by atoms with van der Waals surface area (Å²) in [6.07, 6.45) is -3.51. The van der Waals surface area contributed by atoms with E-state index in [1.807, 2.05) is 19.1 Å². The number of hydrogen-bond donors (Lipinski definition) is 0. The summed E-state index contributed by atoms with van der Waals surface area (Å²) in [5, 5.41) is 3.60. The highest BCUT2D eigenvalue weighted by Gasteiger charge is 2.34. The Morgan fingerprint density at radius 3 is 2.22 bits per heavy atom. The summed E-state index contributed by atoms with van der Waals surface area (Å²) in [6, 6.07) is 8.39. The summed E-state index contributed by atoms with van der Waals surface area (Å²) < 4.78 is 38.9. The number of halogens is 3. The molecule has 5 heteroatoms. The predicted octanol–water partition coefficient (Wildman–Crippen LogP) is 3.76. The van der Waals surface area contributed by atoms with Crippen LogP contribution in [0.4, 0.5) is 13.2 Å². The number of benzene rings is 1. The average Bonchev–Trinajstić information content (AvgIpc) is 2.71. The van der Waals surface area contributed by atoms with E-state index in [0.717, 1.165) is 18.1 Å². The van der Waals surface area contributed by atoms with Gasteiger partial charge >= 0.3 is 6.18 Å². The Hall–Kier alpha value is -1.78. The van der Waals surface area contributed by atoms with Gasteiger partial charge in [0.25, 0.3) is 0 Å². The number of rotatable bonds is 2. The molecule has 0 saturated heterocycles. The molecular formula is C13H13F3N2. The van der Waals surface area contributed by atoms with Gasteiger partial charge in [0.1, 0.15) is 0 Å². The molecular weight excluding hydrogens is 241 g/mol. The van der Waals surface area contributed by atoms with Crippen molar-refractivity contribution in [2.24, 2.45) is 0 Å². The zero-order valence-corrected chi connectivity index (χ0v) is 10.1. The maximum Gasteiger partial charge on any atom is 0.435 e. The minimum absolute atomic E-state index is 0.464. The molecule has 1 aromatic heterocycles. The van der Waals surface area contributed by atoms with Crippen LogP contribution in [-0.4, -0.2) is 9.78 Å². The minimum atomic E-state index is -4.40. The Balaban J connectivity index is 2.41. The van der Waals surface area contributed by atoms with Crippen molar-refractivity contribution in [1.29, 1.82) is 0 Å². The van der Waals surface area contributed by atoms with Crippen molar-refractivity contribution >= 4 is 0 Å². The average molecular weight is 254 g/mol. The highest BCUT2D eigenvalue weighted by molar-refractivity contribution is 5.36. The zero-order valence-electron chi connectivity index (χ0n) is 10.1. The molecule has 0 bridgehead atoms. The van der Waals surface area contributed by atoms with Crippen molar-refractivity contribution in [3.8, 4) is 5.69 Å². The third-order valence-corrected chi connectivity index (χ3v) is 2.77. The van der Waals surface area contributed by atoms with Crippen molar-refractivity contribution in [3.05, 3.63) is 47.3 Å². The molecule has 2 aromatic rings. The van der Waals surface area contributed by atoms with Crippen LogP contribution >= 0.6 is 0 Å². The van der Waals surface area contributed by atoms with Crippen LogP contribution in [0.1, 0.15) is 23.9 Å². The van der Waals surface area contributed by atoms with E-state index in [1.54, 1.807) is 19.1 Å². The number of nitrogens with zero attached hydrogens (tertiary/aromatic N) is 2. The van der Waals surface area contributed by atoms with Crippen LogP contribution in [0.15, 0.2) is 30.3 Å². The van der Waals surface area contributed by atoms with Crippen LogP contribution in [-0.2, 0) is 12.6 Å². The zero-order chi connectivity index (χ0) is 13.3. The first-order valence-electron chi connectivity index (χ1n) is 5.65. The fraction of sp³-hybridized carbons (Fsp3) is 0.308. The molecule has 0 aliphatic heterocycles. The first-order valence-corrected chi connectivity index (χ1v) is 5.65. The lowest BCUT2D eigenvalue weighted by molar-refractivity contribution is -0.141. The van der Waals surface area contributed by atoms with Crippen LogP contribution in [0.3, 0.4) is 0 Å². The quantitative estimate of drug-likeness (QED) is 0.797. The van der Waals surface area contributed by atoms with Crippen LogP contribution < -0.4 is 0 Å². The molecule has 2 nitrogen and oxygen atoms in total. The smallest absolute Gasteiger partial charge is 0.238 e. The number of aromatic nitrogens is 2. The maximum atomic E-state index is 12.5. The van der Waals surface area contributed by atoms with Crippen LogP contribution in [0.25, 0.3) is 5.69 Å². The molecule has 0 N–H and O–H groups in total. The van der Waals surface area contributed by atoms with Gasteiger partial charge in [-0.3, -0.25) is 0 Å². The molecule has 2 rings (SSSR count). The molecule has 0 aliphatic rings. The van der Waals surface area contributed by atoms with Gasteiger partial charge in [0.05, 0.1) is 5.69 Å². The van der Waals surface area contributed by atoms with E-state index in [-0.39, 0.29) is 0 Å². The third-order valence-electron chi connectivity index (χ3n) is 2.77. The van der Waals surface area contributed by atoms with Crippen LogP contribution in [0, 0.1) is 6.92 Å². The normalized spacial score (nSPS) is 11.8. The third kappa shape index (κ3) is 2.39. The summed E-state index contributed by atoms with van der Waals surface area (Å²) in [4.78, 5) is 0. The van der Waals surface area contributed by atoms with Gasteiger partial charge in [-0.1, -0.05) is 19.1 Å². The molecule has 0 fully saturated rings. The number of alkyl halides is 3. The van der Waals surface area contributed by atoms with Crippen LogP contribution in [0.2, 0.25) is 0 Å². The van der Waals surface area contributed by atoms with E-state index in [9.17, 15) is 13.2 Å². The molecule has 0 aliphatic carbocycles. The second kappa shape index (κ2) is 4.48. The van der Waals surface area contributed by atoms with Gasteiger partial charge in [-0.25, -0.2) is 4.68 Å². The Morgan fingerprint density at radius 2 is 1.78 bits per heavy atom. The molecule has 0 spiro atoms. The van der Waals surface area contributed by atoms with E-state index in [0.29, 0.717) is 11.4 Å². The highest BCUT2D eigenvalue weighted by atomic mass is 19.4. The van der Waals surface area contributed by atoms with Crippen molar-refractivity contribution in [2.75, 3.05) is 0 Å². The van der Waals surface area contributed by atoms with Crippen molar-refractivity contribution < 1.29 is 13.2 Å². The molecule has 0 atom stereocenters. The van der Waals surface area contributed by atoms with Gasteiger partial charge in [0.2, 0.25) is 0 Å². The molecule has 96 valence electrons. The second-order valence-corrected chi connectivity index (χ2v) is 4.10. The van der Waals surface area contributed by atoms with Gasteiger partial charge in [0.15, 0.2) is 5.69 Å². The molecule has 1 heterocycles. The predicted molar refractivity (Wildman–Crippen MR) is 62.7 cm³/mol. The summed E-state index contributed by atoms with van der Waals surface area (Å²) in [6.45, 7) is 3.63. The SMILES string of the molecule is CCc1ccc(-n2nc(C(F)(F)F)cc2C)cc1. The highest BCUT2D eigenvalue weighted by Crippen LogP contribution is 2.29. The van der Waals surface area contributed by atoms with Crippen molar-refractivity contribution in [2.45, 2.75) is 26.4 Å². The lowest BCUT2D eigenvalue weighted by atomic mass is 10.1. The van der Waals surface area contributed by atoms with Crippen molar-refractivity contribution in [1.82, 2.24) is 9.78 Å². The molecule has 0 amide bonds. The Kier molecular flexibility index (Phi) is 3.15. The number of aryl methyl sites for hydroxylation is 2. The van der Waals surface area contributed by atoms with Crippen molar-refractivity contribution in [3.63, 3.8) is 0 Å². The Bertz CT molecular complexity index is 538. The largest absolute Gasteiger partial charge is 0.435 e. The lowest BCUT2D eigenvalue weighted by Crippen LogP contribution is -2.07. The molecule has 1 aromatic carbocycles. The number of hydrogen-bond acceptors (Lipinski definition) is 1. The van der Waals surface area contributed by atoms with E-state index in [2.05, 4.69) is 5.10 Å². The summed E-state index contributed by atoms with van der Waals surface area (Å²) in [5.74, 6) is 0. The molecule has 0 radical (unpaired) electrons. The van der Waals surface area contributed by atoms with Gasteiger partial charge in [-0.2, -0.15) is 18.3 Å². The molecule has 18 heavy (non-hydrogen) atoms. The Morgan fingerprint density at radius 1 is 1.17 bits per heavy atom. The molecule has 0 unspecified atom stereocenters.